The Balaban J connectivity index is 2.30. The Labute approximate surface area is 125 Å². The maximum atomic E-state index is 12.7. The van der Waals surface area contributed by atoms with E-state index in [2.05, 4.69) is 4.98 Å². The molecule has 0 saturated carbocycles. The van der Waals surface area contributed by atoms with Crippen LogP contribution < -0.4 is 4.90 Å². The Hall–Kier alpha value is -1.87. The van der Waals surface area contributed by atoms with Crippen molar-refractivity contribution in [2.45, 2.75) is 25.4 Å². The molecule has 0 aliphatic carbocycles. The lowest BCUT2D eigenvalue weighted by atomic mass is 10.2. The predicted molar refractivity (Wildman–Crippen MR) is 71.2 cm³/mol. The second kappa shape index (κ2) is 6.09. The number of carbonyl (C=O) groups is 1. The Morgan fingerprint density at radius 3 is 2.73 bits per heavy atom. The van der Waals surface area contributed by atoms with Gasteiger partial charge in [0.15, 0.2) is 6.23 Å². The number of aromatic nitrogens is 1. The highest BCUT2D eigenvalue weighted by Crippen LogP contribution is 2.33. The van der Waals surface area contributed by atoms with Crippen LogP contribution in [0.2, 0.25) is 0 Å². The smallest absolute Gasteiger partial charge is 0.379 e. The number of likely N-dealkylation sites (N-methyl/N-ethyl adjacent to an activating group) is 1. The Bertz CT molecular complexity index is 553. The third-order valence-electron chi connectivity index (χ3n) is 3.43. The Kier molecular flexibility index (Phi) is 4.57. The zero-order valence-electron chi connectivity index (χ0n) is 12.0. The van der Waals surface area contributed by atoms with E-state index in [1.165, 1.54) is 11.9 Å². The highest BCUT2D eigenvalue weighted by Gasteiger charge is 2.45. The zero-order chi connectivity index (χ0) is 16.5. The van der Waals surface area contributed by atoms with Crippen LogP contribution in [0.5, 0.6) is 0 Å². The molecule has 1 saturated heterocycles. The monoisotopic (exact) mass is 319 g/mol. The van der Waals surface area contributed by atoms with Gasteiger partial charge in [-0.2, -0.15) is 13.2 Å². The number of rotatable bonds is 4. The first-order valence-electron chi connectivity index (χ1n) is 6.62. The highest BCUT2D eigenvalue weighted by atomic mass is 19.4. The van der Waals surface area contributed by atoms with Crippen molar-refractivity contribution in [2.24, 2.45) is 0 Å². The molecule has 2 atom stereocenters. The van der Waals surface area contributed by atoms with E-state index >= 15 is 0 Å². The van der Waals surface area contributed by atoms with Crippen LogP contribution >= 0.6 is 0 Å². The van der Waals surface area contributed by atoms with Gasteiger partial charge in [0.1, 0.15) is 11.9 Å². The summed E-state index contributed by atoms with van der Waals surface area (Å²) in [6.07, 6.45) is -4.93. The first-order chi connectivity index (χ1) is 10.3. The van der Waals surface area contributed by atoms with Crippen molar-refractivity contribution in [3.63, 3.8) is 0 Å². The summed E-state index contributed by atoms with van der Waals surface area (Å²) in [6.45, 7) is 2.23. The molecule has 1 unspecified atom stereocenters. The number of halogens is 3. The van der Waals surface area contributed by atoms with Gasteiger partial charge < -0.3 is 14.7 Å². The van der Waals surface area contributed by atoms with Crippen LogP contribution in [0.1, 0.15) is 12.5 Å². The molecule has 0 bridgehead atoms. The number of carbonyl (C=O) groups excluding carboxylic acids is 1. The van der Waals surface area contributed by atoms with E-state index in [1.807, 2.05) is 0 Å². The van der Waals surface area contributed by atoms with Crippen LogP contribution in [-0.4, -0.2) is 53.6 Å². The SMILES string of the molecule is CCOC[C@@H]1C(O)N(c2cc(C(F)(F)F)ccn2)C(=O)N1C. The van der Waals surface area contributed by atoms with E-state index in [4.69, 9.17) is 4.74 Å². The Morgan fingerprint density at radius 2 is 2.14 bits per heavy atom. The molecular formula is C13H16F3N3O3. The highest BCUT2D eigenvalue weighted by molar-refractivity contribution is 5.94. The summed E-state index contributed by atoms with van der Waals surface area (Å²) < 4.78 is 43.4. The number of nitrogens with zero attached hydrogens (tertiary/aromatic N) is 3. The lowest BCUT2D eigenvalue weighted by Gasteiger charge is -2.21. The fourth-order valence-corrected chi connectivity index (χ4v) is 2.19. The van der Waals surface area contributed by atoms with Gasteiger partial charge in [0, 0.05) is 19.9 Å². The first-order valence-corrected chi connectivity index (χ1v) is 6.62. The van der Waals surface area contributed by atoms with Crippen molar-refractivity contribution in [3.8, 4) is 0 Å². The van der Waals surface area contributed by atoms with Crippen LogP contribution in [0.15, 0.2) is 18.3 Å². The summed E-state index contributed by atoms with van der Waals surface area (Å²) in [4.78, 5) is 18.0. The molecule has 122 valence electrons. The van der Waals surface area contributed by atoms with Crippen molar-refractivity contribution < 1.29 is 27.8 Å². The van der Waals surface area contributed by atoms with Gasteiger partial charge in [0.05, 0.1) is 12.2 Å². The van der Waals surface area contributed by atoms with Gasteiger partial charge in [-0.15, -0.1) is 0 Å². The first kappa shape index (κ1) is 16.5. The number of hydrogen-bond donors (Lipinski definition) is 1. The van der Waals surface area contributed by atoms with Crippen LogP contribution in [0.3, 0.4) is 0 Å². The minimum absolute atomic E-state index is 0.0787. The second-order valence-corrected chi connectivity index (χ2v) is 4.80. The minimum atomic E-state index is -4.55. The number of ether oxygens (including phenoxy) is 1. The van der Waals surface area contributed by atoms with Crippen LogP contribution in [0, 0.1) is 0 Å². The number of alkyl halides is 3. The maximum absolute atomic E-state index is 12.7. The molecule has 0 aromatic carbocycles. The number of amides is 2. The lowest BCUT2D eigenvalue weighted by molar-refractivity contribution is -0.137. The van der Waals surface area contributed by atoms with Gasteiger partial charge in [-0.1, -0.05) is 0 Å². The third-order valence-corrected chi connectivity index (χ3v) is 3.43. The topological polar surface area (TPSA) is 65.9 Å². The fourth-order valence-electron chi connectivity index (χ4n) is 2.19. The average Bonchev–Trinajstić information content (AvgIpc) is 2.67. The molecule has 1 fully saturated rings. The summed E-state index contributed by atoms with van der Waals surface area (Å²) >= 11 is 0. The summed E-state index contributed by atoms with van der Waals surface area (Å²) in [7, 11) is 1.45. The third kappa shape index (κ3) is 3.00. The van der Waals surface area contributed by atoms with Crippen molar-refractivity contribution in [3.05, 3.63) is 23.9 Å². The van der Waals surface area contributed by atoms with Gasteiger partial charge in [0.25, 0.3) is 0 Å². The fraction of sp³-hybridized carbons (Fsp3) is 0.538. The van der Waals surface area contributed by atoms with Crippen molar-refractivity contribution >= 4 is 11.8 Å². The van der Waals surface area contributed by atoms with E-state index in [9.17, 15) is 23.1 Å². The molecule has 2 heterocycles. The van der Waals surface area contributed by atoms with Crippen LogP contribution in [0.25, 0.3) is 0 Å². The Morgan fingerprint density at radius 1 is 1.45 bits per heavy atom. The predicted octanol–water partition coefficient (Wildman–Crippen LogP) is 1.70. The zero-order valence-corrected chi connectivity index (χ0v) is 12.0. The molecule has 1 aromatic heterocycles. The van der Waals surface area contributed by atoms with E-state index in [0.29, 0.717) is 6.61 Å². The number of aliphatic hydroxyl groups is 1. The van der Waals surface area contributed by atoms with Gasteiger partial charge in [-0.25, -0.2) is 14.7 Å². The molecule has 9 heteroatoms. The van der Waals surface area contributed by atoms with E-state index in [0.717, 1.165) is 23.2 Å². The molecule has 1 aliphatic heterocycles. The average molecular weight is 319 g/mol. The number of aliphatic hydroxyl groups excluding tert-OH is 1. The number of pyridine rings is 1. The quantitative estimate of drug-likeness (QED) is 0.917. The van der Waals surface area contributed by atoms with Crippen molar-refractivity contribution in [2.75, 3.05) is 25.2 Å². The lowest BCUT2D eigenvalue weighted by Crippen LogP contribution is -2.40. The number of anilines is 1. The second-order valence-electron chi connectivity index (χ2n) is 4.80. The number of urea groups is 1. The van der Waals surface area contributed by atoms with Gasteiger partial charge in [-0.3, -0.25) is 0 Å². The van der Waals surface area contributed by atoms with Crippen LogP contribution in [-0.2, 0) is 10.9 Å². The molecule has 1 aromatic rings. The van der Waals surface area contributed by atoms with Gasteiger partial charge in [-0.05, 0) is 19.1 Å². The molecule has 2 amide bonds. The van der Waals surface area contributed by atoms with Gasteiger partial charge >= 0.3 is 12.2 Å². The normalized spacial score (nSPS) is 22.5. The van der Waals surface area contributed by atoms with Crippen molar-refractivity contribution in [1.29, 1.82) is 0 Å². The van der Waals surface area contributed by atoms with E-state index in [-0.39, 0.29) is 12.4 Å². The van der Waals surface area contributed by atoms with E-state index < -0.39 is 30.0 Å². The standard InChI is InChI=1S/C13H16F3N3O3/c1-3-22-7-9-11(20)19(12(21)18(9)2)10-6-8(4-5-17-10)13(14,15)16/h4-6,9,11,20H,3,7H2,1-2H3/t9-,11?/m1/s1. The van der Waals surface area contributed by atoms with Crippen LogP contribution in [0.4, 0.5) is 23.8 Å². The van der Waals surface area contributed by atoms with Gasteiger partial charge in [0.2, 0.25) is 0 Å². The molecular weight excluding hydrogens is 303 g/mol. The summed E-state index contributed by atoms with van der Waals surface area (Å²) in [5.74, 6) is -0.252. The summed E-state index contributed by atoms with van der Waals surface area (Å²) in [5.41, 5.74) is -0.937. The molecule has 1 N–H and O–H groups in total. The van der Waals surface area contributed by atoms with Crippen molar-refractivity contribution in [1.82, 2.24) is 9.88 Å². The maximum Gasteiger partial charge on any atom is 0.416 e. The summed E-state index contributed by atoms with van der Waals surface area (Å²) in [5, 5.41) is 10.2. The molecule has 0 spiro atoms. The largest absolute Gasteiger partial charge is 0.416 e. The molecule has 1 aliphatic rings. The summed E-state index contributed by atoms with van der Waals surface area (Å²) in [6, 6.07) is 0.225. The molecule has 22 heavy (non-hydrogen) atoms. The number of hydrogen-bond acceptors (Lipinski definition) is 4. The minimum Gasteiger partial charge on any atom is -0.379 e. The van der Waals surface area contributed by atoms with E-state index in [1.54, 1.807) is 6.92 Å². The molecule has 0 radical (unpaired) electrons. The molecule has 2 rings (SSSR count). The molecule has 6 nitrogen and oxygen atoms in total.